The lowest BCUT2D eigenvalue weighted by Crippen LogP contribution is -2.40. The maximum Gasteiger partial charge on any atom is 0.245 e. The number of pyridine rings is 1. The summed E-state index contributed by atoms with van der Waals surface area (Å²) >= 11 is 0. The van der Waals surface area contributed by atoms with Gasteiger partial charge in [0, 0.05) is 32.9 Å². The monoisotopic (exact) mass is 288 g/mol. The highest BCUT2D eigenvalue weighted by molar-refractivity contribution is 5.77. The van der Waals surface area contributed by atoms with E-state index in [4.69, 9.17) is 10.00 Å². The van der Waals surface area contributed by atoms with Crippen molar-refractivity contribution in [3.63, 3.8) is 0 Å². The molecule has 2 rings (SSSR count). The third-order valence-electron chi connectivity index (χ3n) is 3.68. The SMILES string of the molecule is COCC(=O)NCC1CCN(c2ncccc2C#N)CC1. The molecule has 0 bridgehead atoms. The van der Waals surface area contributed by atoms with Crippen LogP contribution in [0, 0.1) is 17.2 Å². The number of anilines is 1. The first kappa shape index (κ1) is 15.3. The normalized spacial score (nSPS) is 15.5. The third-order valence-corrected chi connectivity index (χ3v) is 3.68. The van der Waals surface area contributed by atoms with Gasteiger partial charge < -0.3 is 15.0 Å². The molecular formula is C15H20N4O2. The van der Waals surface area contributed by atoms with Gasteiger partial charge in [0.25, 0.3) is 0 Å². The predicted molar refractivity (Wildman–Crippen MR) is 78.8 cm³/mol. The Morgan fingerprint density at radius 2 is 2.33 bits per heavy atom. The number of methoxy groups -OCH3 is 1. The molecule has 21 heavy (non-hydrogen) atoms. The van der Waals surface area contributed by atoms with Crippen LogP contribution in [0.25, 0.3) is 0 Å². The highest BCUT2D eigenvalue weighted by Gasteiger charge is 2.22. The summed E-state index contributed by atoms with van der Waals surface area (Å²) in [7, 11) is 1.51. The zero-order chi connectivity index (χ0) is 15.1. The number of carbonyl (C=O) groups excluding carboxylic acids is 1. The predicted octanol–water partition coefficient (Wildman–Crippen LogP) is 0.932. The summed E-state index contributed by atoms with van der Waals surface area (Å²) in [4.78, 5) is 17.8. The van der Waals surface area contributed by atoms with E-state index in [0.29, 0.717) is 18.0 Å². The van der Waals surface area contributed by atoms with Gasteiger partial charge in [0.05, 0.1) is 5.56 Å². The average Bonchev–Trinajstić information content (AvgIpc) is 2.54. The van der Waals surface area contributed by atoms with Gasteiger partial charge in [-0.05, 0) is 30.9 Å². The van der Waals surface area contributed by atoms with Gasteiger partial charge in [0.15, 0.2) is 0 Å². The van der Waals surface area contributed by atoms with E-state index in [1.54, 1.807) is 18.3 Å². The van der Waals surface area contributed by atoms with Crippen molar-refractivity contribution in [2.24, 2.45) is 5.92 Å². The molecule has 1 aromatic rings. The Labute approximate surface area is 124 Å². The number of aromatic nitrogens is 1. The van der Waals surface area contributed by atoms with Crippen molar-refractivity contribution < 1.29 is 9.53 Å². The second-order valence-electron chi connectivity index (χ2n) is 5.15. The molecule has 0 atom stereocenters. The molecule has 112 valence electrons. The Morgan fingerprint density at radius 1 is 1.57 bits per heavy atom. The molecule has 0 aliphatic carbocycles. The molecule has 0 spiro atoms. The minimum Gasteiger partial charge on any atom is -0.375 e. The number of piperidine rings is 1. The van der Waals surface area contributed by atoms with E-state index in [1.807, 2.05) is 0 Å². The number of ether oxygens (including phenoxy) is 1. The molecule has 6 heteroatoms. The van der Waals surface area contributed by atoms with Crippen LogP contribution in [0.3, 0.4) is 0 Å². The van der Waals surface area contributed by atoms with Gasteiger partial charge in [-0.1, -0.05) is 0 Å². The lowest BCUT2D eigenvalue weighted by Gasteiger charge is -2.33. The van der Waals surface area contributed by atoms with Crippen molar-refractivity contribution in [2.75, 3.05) is 38.3 Å². The number of rotatable bonds is 5. The van der Waals surface area contributed by atoms with E-state index in [2.05, 4.69) is 21.3 Å². The summed E-state index contributed by atoms with van der Waals surface area (Å²) in [5.74, 6) is 1.16. The molecule has 2 heterocycles. The fourth-order valence-electron chi connectivity index (χ4n) is 2.53. The minimum absolute atomic E-state index is 0.0728. The van der Waals surface area contributed by atoms with Crippen molar-refractivity contribution in [3.05, 3.63) is 23.9 Å². The fraction of sp³-hybridized carbons (Fsp3) is 0.533. The smallest absolute Gasteiger partial charge is 0.245 e. The number of hydrogen-bond donors (Lipinski definition) is 1. The fourth-order valence-corrected chi connectivity index (χ4v) is 2.53. The summed E-state index contributed by atoms with van der Waals surface area (Å²) in [5.41, 5.74) is 0.615. The van der Waals surface area contributed by atoms with Crippen molar-refractivity contribution in [2.45, 2.75) is 12.8 Å². The van der Waals surface area contributed by atoms with Crippen molar-refractivity contribution in [1.29, 1.82) is 5.26 Å². The lowest BCUT2D eigenvalue weighted by atomic mass is 9.96. The summed E-state index contributed by atoms with van der Waals surface area (Å²) in [6.07, 6.45) is 3.68. The number of nitrogens with one attached hydrogen (secondary N) is 1. The second-order valence-corrected chi connectivity index (χ2v) is 5.15. The van der Waals surface area contributed by atoms with E-state index < -0.39 is 0 Å². The van der Waals surface area contributed by atoms with E-state index >= 15 is 0 Å². The molecule has 0 unspecified atom stereocenters. The molecule has 1 N–H and O–H groups in total. The van der Waals surface area contributed by atoms with Crippen molar-refractivity contribution >= 4 is 11.7 Å². The van der Waals surface area contributed by atoms with Crippen LogP contribution in [0.2, 0.25) is 0 Å². The first-order chi connectivity index (χ1) is 10.2. The summed E-state index contributed by atoms with van der Waals surface area (Å²) < 4.78 is 4.78. The molecule has 1 saturated heterocycles. The highest BCUT2D eigenvalue weighted by Crippen LogP contribution is 2.23. The van der Waals surface area contributed by atoms with E-state index in [-0.39, 0.29) is 12.5 Å². The van der Waals surface area contributed by atoms with Crippen molar-refractivity contribution in [3.8, 4) is 6.07 Å². The van der Waals surface area contributed by atoms with Crippen LogP contribution >= 0.6 is 0 Å². The molecule has 1 fully saturated rings. The number of carbonyl (C=O) groups is 1. The van der Waals surface area contributed by atoms with Gasteiger partial charge in [0.2, 0.25) is 5.91 Å². The first-order valence-electron chi connectivity index (χ1n) is 7.10. The lowest BCUT2D eigenvalue weighted by molar-refractivity contribution is -0.124. The highest BCUT2D eigenvalue weighted by atomic mass is 16.5. The molecule has 0 radical (unpaired) electrons. The number of hydrogen-bond acceptors (Lipinski definition) is 5. The molecule has 0 aromatic carbocycles. The Balaban J connectivity index is 1.83. The van der Waals surface area contributed by atoms with Gasteiger partial charge in [0.1, 0.15) is 18.5 Å². The molecule has 1 amide bonds. The van der Waals surface area contributed by atoms with E-state index in [9.17, 15) is 4.79 Å². The Kier molecular flexibility index (Phi) is 5.52. The maximum atomic E-state index is 11.4. The Morgan fingerprint density at radius 3 is 3.00 bits per heavy atom. The van der Waals surface area contributed by atoms with Crippen molar-refractivity contribution in [1.82, 2.24) is 10.3 Å². The van der Waals surface area contributed by atoms with Crippen LogP contribution in [0.5, 0.6) is 0 Å². The van der Waals surface area contributed by atoms with E-state index in [1.165, 1.54) is 7.11 Å². The Hall–Kier alpha value is -2.13. The van der Waals surface area contributed by atoms with Gasteiger partial charge in [-0.25, -0.2) is 4.98 Å². The van der Waals surface area contributed by atoms with Gasteiger partial charge >= 0.3 is 0 Å². The Bertz CT molecular complexity index is 519. The van der Waals surface area contributed by atoms with Crippen LogP contribution < -0.4 is 10.2 Å². The van der Waals surface area contributed by atoms with Crippen LogP contribution in [0.1, 0.15) is 18.4 Å². The molecular weight excluding hydrogens is 268 g/mol. The van der Waals surface area contributed by atoms with Crippen LogP contribution in [-0.4, -0.2) is 44.2 Å². The summed E-state index contributed by atoms with van der Waals surface area (Å²) in [6.45, 7) is 2.51. The van der Waals surface area contributed by atoms with Gasteiger partial charge in [-0.3, -0.25) is 4.79 Å². The number of nitriles is 1. The van der Waals surface area contributed by atoms with Crippen LogP contribution in [0.15, 0.2) is 18.3 Å². The third kappa shape index (κ3) is 4.17. The summed E-state index contributed by atoms with van der Waals surface area (Å²) in [6, 6.07) is 5.75. The van der Waals surface area contributed by atoms with E-state index in [0.717, 1.165) is 31.7 Å². The second kappa shape index (κ2) is 7.60. The topological polar surface area (TPSA) is 78.2 Å². The zero-order valence-corrected chi connectivity index (χ0v) is 12.2. The summed E-state index contributed by atoms with van der Waals surface area (Å²) in [5, 5.41) is 12.0. The zero-order valence-electron chi connectivity index (χ0n) is 12.2. The number of nitrogens with zero attached hydrogens (tertiary/aromatic N) is 3. The maximum absolute atomic E-state index is 11.4. The van der Waals surface area contributed by atoms with Gasteiger partial charge in [-0.15, -0.1) is 0 Å². The molecule has 0 saturated carbocycles. The molecule has 1 aliphatic heterocycles. The first-order valence-corrected chi connectivity index (χ1v) is 7.10. The molecule has 1 aromatic heterocycles. The van der Waals surface area contributed by atoms with Gasteiger partial charge in [-0.2, -0.15) is 5.26 Å². The molecule has 6 nitrogen and oxygen atoms in total. The van der Waals surface area contributed by atoms with Crippen LogP contribution in [0.4, 0.5) is 5.82 Å². The number of amides is 1. The largest absolute Gasteiger partial charge is 0.375 e. The average molecular weight is 288 g/mol. The van der Waals surface area contributed by atoms with Crippen LogP contribution in [-0.2, 0) is 9.53 Å². The quantitative estimate of drug-likeness (QED) is 0.872. The standard InChI is InChI=1S/C15H20N4O2/c1-21-11-14(20)18-10-12-4-7-19(8-5-12)15-13(9-16)3-2-6-17-15/h2-3,6,12H,4-5,7-8,10-11H2,1H3,(H,18,20). The minimum atomic E-state index is -0.0728. The molecule has 1 aliphatic rings.